The number of amides is 2. The predicted molar refractivity (Wildman–Crippen MR) is 98.5 cm³/mol. The van der Waals surface area contributed by atoms with Crippen LogP contribution in [0.4, 0.5) is 5.69 Å². The fourth-order valence-corrected chi connectivity index (χ4v) is 3.72. The van der Waals surface area contributed by atoms with Crippen molar-refractivity contribution in [3.63, 3.8) is 0 Å². The highest BCUT2D eigenvalue weighted by molar-refractivity contribution is 7.07. The Labute approximate surface area is 151 Å². The third-order valence-corrected chi connectivity index (χ3v) is 5.10. The molecule has 2 heterocycles. The molecule has 0 radical (unpaired) electrons. The molecule has 0 N–H and O–H groups in total. The molecule has 2 amide bonds. The lowest BCUT2D eigenvalue weighted by atomic mass is 10.1. The van der Waals surface area contributed by atoms with E-state index < -0.39 is 0 Å². The highest BCUT2D eigenvalue weighted by Gasteiger charge is 2.37. The number of carbonyl (C=O) groups is 2. The van der Waals surface area contributed by atoms with Gasteiger partial charge in [-0.1, -0.05) is 18.2 Å². The summed E-state index contributed by atoms with van der Waals surface area (Å²) in [6, 6.07) is 11.5. The predicted octanol–water partition coefficient (Wildman–Crippen LogP) is 2.78. The molecule has 132 valence electrons. The van der Waals surface area contributed by atoms with Gasteiger partial charge in [-0.05, 0) is 34.5 Å². The van der Waals surface area contributed by atoms with Crippen LogP contribution < -0.4 is 4.90 Å². The molecule has 1 saturated heterocycles. The van der Waals surface area contributed by atoms with Crippen LogP contribution in [0.25, 0.3) is 0 Å². The van der Waals surface area contributed by atoms with E-state index in [0.717, 1.165) is 11.3 Å². The molecule has 1 unspecified atom stereocenters. The fourth-order valence-electron chi connectivity index (χ4n) is 3.06. The molecule has 1 aliphatic rings. The number of carbonyl (C=O) groups excluding carboxylic acids is 2. The molecule has 1 fully saturated rings. The quantitative estimate of drug-likeness (QED) is 0.765. The maximum Gasteiger partial charge on any atom is 0.228 e. The zero-order valence-corrected chi connectivity index (χ0v) is 15.1. The van der Waals surface area contributed by atoms with Gasteiger partial charge in [0.05, 0.1) is 12.5 Å². The molecule has 25 heavy (non-hydrogen) atoms. The Hall–Kier alpha value is -2.18. The second-order valence-corrected chi connectivity index (χ2v) is 6.91. The molecule has 6 heteroatoms. The first kappa shape index (κ1) is 17.6. The van der Waals surface area contributed by atoms with Gasteiger partial charge in [-0.2, -0.15) is 11.3 Å². The first-order valence-corrected chi connectivity index (χ1v) is 9.27. The number of methoxy groups -OCH3 is 1. The molecular weight excluding hydrogens is 336 g/mol. The van der Waals surface area contributed by atoms with Crippen LogP contribution in [0.3, 0.4) is 0 Å². The lowest BCUT2D eigenvalue weighted by Crippen LogP contribution is -2.39. The third kappa shape index (κ3) is 4.27. The van der Waals surface area contributed by atoms with Crippen LogP contribution in [-0.2, 0) is 20.9 Å². The molecule has 5 nitrogen and oxygen atoms in total. The average molecular weight is 358 g/mol. The largest absolute Gasteiger partial charge is 0.383 e. The van der Waals surface area contributed by atoms with Crippen LogP contribution in [0.2, 0.25) is 0 Å². The number of hydrogen-bond acceptors (Lipinski definition) is 4. The molecule has 1 atom stereocenters. The van der Waals surface area contributed by atoms with Gasteiger partial charge < -0.3 is 14.5 Å². The van der Waals surface area contributed by atoms with Gasteiger partial charge in [0.15, 0.2) is 0 Å². The minimum absolute atomic E-state index is 0.00627. The number of ether oxygens (including phenoxy) is 1. The summed E-state index contributed by atoms with van der Waals surface area (Å²) in [5.74, 6) is -0.273. The van der Waals surface area contributed by atoms with E-state index in [-0.39, 0.29) is 24.2 Å². The summed E-state index contributed by atoms with van der Waals surface area (Å²) in [7, 11) is 1.63. The Morgan fingerprint density at radius 3 is 2.80 bits per heavy atom. The number of thiophene rings is 1. The molecular formula is C19H22N2O3S. The standard InChI is InChI=1S/C19H22N2O3S/c1-24-9-8-20(12-15-7-10-25-14-15)19(23)16-11-18(22)21(13-16)17-5-3-2-4-6-17/h2-7,10,14,16H,8-9,11-13H2,1H3. The lowest BCUT2D eigenvalue weighted by Gasteiger charge is -2.25. The van der Waals surface area contributed by atoms with Gasteiger partial charge >= 0.3 is 0 Å². The van der Waals surface area contributed by atoms with Gasteiger partial charge in [0.25, 0.3) is 0 Å². The molecule has 0 aliphatic carbocycles. The number of anilines is 1. The number of nitrogens with zero attached hydrogens (tertiary/aromatic N) is 2. The van der Waals surface area contributed by atoms with Crippen molar-refractivity contribution >= 4 is 28.8 Å². The Morgan fingerprint density at radius 2 is 2.12 bits per heavy atom. The van der Waals surface area contributed by atoms with Crippen molar-refractivity contribution < 1.29 is 14.3 Å². The smallest absolute Gasteiger partial charge is 0.228 e. The Morgan fingerprint density at radius 1 is 1.32 bits per heavy atom. The summed E-state index contributed by atoms with van der Waals surface area (Å²) in [6.07, 6.45) is 0.265. The second kappa shape index (κ2) is 8.27. The Bertz CT molecular complexity index is 703. The maximum absolute atomic E-state index is 13.0. The zero-order valence-electron chi connectivity index (χ0n) is 14.3. The van der Waals surface area contributed by atoms with Gasteiger partial charge in [-0.15, -0.1) is 0 Å². The first-order chi connectivity index (χ1) is 12.2. The van der Waals surface area contributed by atoms with Crippen LogP contribution in [0.15, 0.2) is 47.2 Å². The molecule has 2 aromatic rings. The highest BCUT2D eigenvalue weighted by Crippen LogP contribution is 2.26. The second-order valence-electron chi connectivity index (χ2n) is 6.13. The molecule has 0 spiro atoms. The highest BCUT2D eigenvalue weighted by atomic mass is 32.1. The van der Waals surface area contributed by atoms with E-state index in [9.17, 15) is 9.59 Å². The van der Waals surface area contributed by atoms with E-state index in [1.807, 2.05) is 47.2 Å². The van der Waals surface area contributed by atoms with Gasteiger partial charge in [-0.25, -0.2) is 0 Å². The molecule has 3 rings (SSSR count). The van der Waals surface area contributed by atoms with Crippen molar-refractivity contribution in [1.29, 1.82) is 0 Å². The van der Waals surface area contributed by atoms with Crippen molar-refractivity contribution in [1.82, 2.24) is 4.90 Å². The molecule has 0 saturated carbocycles. The summed E-state index contributed by atoms with van der Waals surface area (Å²) in [6.45, 7) is 2.01. The SMILES string of the molecule is COCCN(Cc1ccsc1)C(=O)C1CC(=O)N(c2ccccc2)C1. The van der Waals surface area contributed by atoms with Gasteiger partial charge in [0.1, 0.15) is 0 Å². The van der Waals surface area contributed by atoms with Crippen molar-refractivity contribution in [2.24, 2.45) is 5.92 Å². The van der Waals surface area contributed by atoms with Crippen molar-refractivity contribution in [2.75, 3.05) is 31.7 Å². The van der Waals surface area contributed by atoms with Crippen LogP contribution in [0.1, 0.15) is 12.0 Å². The number of rotatable bonds is 7. The van der Waals surface area contributed by atoms with Gasteiger partial charge in [-0.3, -0.25) is 9.59 Å². The van der Waals surface area contributed by atoms with E-state index >= 15 is 0 Å². The summed E-state index contributed by atoms with van der Waals surface area (Å²) in [4.78, 5) is 28.9. The van der Waals surface area contributed by atoms with E-state index in [1.165, 1.54) is 0 Å². The number of para-hydroxylation sites is 1. The van der Waals surface area contributed by atoms with Gasteiger partial charge in [0, 0.05) is 38.9 Å². The minimum Gasteiger partial charge on any atom is -0.383 e. The van der Waals surface area contributed by atoms with Crippen molar-refractivity contribution in [3.8, 4) is 0 Å². The maximum atomic E-state index is 13.0. The zero-order chi connectivity index (χ0) is 17.6. The Balaban J connectivity index is 1.70. The fraction of sp³-hybridized carbons (Fsp3) is 0.368. The van der Waals surface area contributed by atoms with Crippen molar-refractivity contribution in [3.05, 3.63) is 52.7 Å². The normalized spacial score (nSPS) is 17.1. The monoisotopic (exact) mass is 358 g/mol. The van der Waals surface area contributed by atoms with Gasteiger partial charge in [0.2, 0.25) is 11.8 Å². The number of hydrogen-bond donors (Lipinski definition) is 0. The van der Waals surface area contributed by atoms with E-state index in [0.29, 0.717) is 26.2 Å². The lowest BCUT2D eigenvalue weighted by molar-refractivity contribution is -0.137. The number of benzene rings is 1. The topological polar surface area (TPSA) is 49.9 Å². The van der Waals surface area contributed by atoms with E-state index in [4.69, 9.17) is 4.74 Å². The minimum atomic E-state index is -0.303. The third-order valence-electron chi connectivity index (χ3n) is 4.37. The van der Waals surface area contributed by atoms with E-state index in [1.54, 1.807) is 28.2 Å². The van der Waals surface area contributed by atoms with Crippen LogP contribution in [-0.4, -0.2) is 43.5 Å². The molecule has 1 aromatic heterocycles. The first-order valence-electron chi connectivity index (χ1n) is 8.33. The average Bonchev–Trinajstić information content (AvgIpc) is 3.28. The molecule has 1 aromatic carbocycles. The van der Waals surface area contributed by atoms with Crippen molar-refractivity contribution in [2.45, 2.75) is 13.0 Å². The molecule has 0 bridgehead atoms. The van der Waals surface area contributed by atoms with Crippen LogP contribution in [0.5, 0.6) is 0 Å². The Kier molecular flexibility index (Phi) is 5.83. The van der Waals surface area contributed by atoms with Crippen LogP contribution >= 0.6 is 11.3 Å². The van der Waals surface area contributed by atoms with Crippen LogP contribution in [0, 0.1) is 5.92 Å². The summed E-state index contributed by atoms with van der Waals surface area (Å²) < 4.78 is 5.15. The summed E-state index contributed by atoms with van der Waals surface area (Å²) >= 11 is 1.62. The van der Waals surface area contributed by atoms with E-state index in [2.05, 4.69) is 0 Å². The molecule has 1 aliphatic heterocycles. The summed E-state index contributed by atoms with van der Waals surface area (Å²) in [5, 5.41) is 4.05. The summed E-state index contributed by atoms with van der Waals surface area (Å²) in [5.41, 5.74) is 1.96.